The molecule has 0 saturated carbocycles. The maximum Gasteiger partial charge on any atom is 0.118 e. The average molecular weight is 256 g/mol. The number of methoxy groups -OCH3 is 1. The van der Waals surface area contributed by atoms with Gasteiger partial charge in [-0.2, -0.15) is 0 Å². The lowest BCUT2D eigenvalue weighted by Crippen LogP contribution is -1.86. The monoisotopic (exact) mass is 255 g/mol. The topological polar surface area (TPSA) is 21.6 Å². The number of benzene rings is 1. The molecule has 1 aromatic rings. The molecule has 3 heteroatoms. The van der Waals surface area contributed by atoms with E-state index >= 15 is 0 Å². The molecule has 14 heavy (non-hydrogen) atoms. The molecule has 0 aliphatic carbocycles. The van der Waals surface area contributed by atoms with Crippen molar-refractivity contribution in [3.63, 3.8) is 0 Å². The second kappa shape index (κ2) is 6.60. The van der Waals surface area contributed by atoms with Crippen LogP contribution in [0.3, 0.4) is 0 Å². The van der Waals surface area contributed by atoms with Gasteiger partial charge in [0.25, 0.3) is 0 Å². The van der Waals surface area contributed by atoms with Crippen molar-refractivity contribution in [2.45, 2.75) is 6.42 Å². The van der Waals surface area contributed by atoms with Crippen molar-refractivity contribution in [1.29, 1.82) is 0 Å². The molecule has 0 aromatic heterocycles. The molecule has 0 aliphatic heterocycles. The van der Waals surface area contributed by atoms with Crippen LogP contribution in [0.25, 0.3) is 0 Å². The second-order valence-electron chi connectivity index (χ2n) is 2.85. The Kier molecular flexibility index (Phi) is 5.30. The Labute approximate surface area is 93.1 Å². The molecule has 0 N–H and O–H groups in total. The molecule has 0 fully saturated rings. The van der Waals surface area contributed by atoms with Gasteiger partial charge in [-0.05, 0) is 36.2 Å². The first kappa shape index (κ1) is 11.2. The Morgan fingerprint density at radius 3 is 2.64 bits per heavy atom. The summed E-state index contributed by atoms with van der Waals surface area (Å²) in [7, 11) is 1.67. The smallest absolute Gasteiger partial charge is 0.118 e. The summed E-state index contributed by atoms with van der Waals surface area (Å²) in [6.07, 6.45) is 2.97. The van der Waals surface area contributed by atoms with Gasteiger partial charge >= 0.3 is 0 Å². The number of rotatable bonds is 5. The molecule has 0 aliphatic rings. The van der Waals surface area contributed by atoms with Crippen LogP contribution >= 0.6 is 15.9 Å². The average Bonchev–Trinajstić information content (AvgIpc) is 2.25. The lowest BCUT2D eigenvalue weighted by Gasteiger charge is -1.98. The zero-order valence-electron chi connectivity index (χ0n) is 8.24. The molecule has 0 spiro atoms. The Morgan fingerprint density at radius 2 is 2.07 bits per heavy atom. The fourth-order valence-electron chi connectivity index (χ4n) is 1.01. The van der Waals surface area contributed by atoms with Crippen molar-refractivity contribution >= 4 is 22.1 Å². The van der Waals surface area contributed by atoms with E-state index in [2.05, 4.69) is 20.9 Å². The minimum absolute atomic E-state index is 0.872. The first-order valence-electron chi connectivity index (χ1n) is 4.56. The number of aliphatic imine (C=N–C) groups is 1. The molecule has 1 rings (SSSR count). The lowest BCUT2D eigenvalue weighted by atomic mass is 10.2. The molecule has 0 unspecified atom stereocenters. The van der Waals surface area contributed by atoms with E-state index in [-0.39, 0.29) is 0 Å². The maximum absolute atomic E-state index is 5.06. The van der Waals surface area contributed by atoms with Gasteiger partial charge in [-0.15, -0.1) is 0 Å². The first-order chi connectivity index (χ1) is 6.86. The van der Waals surface area contributed by atoms with Crippen molar-refractivity contribution in [2.75, 3.05) is 19.0 Å². The van der Waals surface area contributed by atoms with Crippen LogP contribution in [0.15, 0.2) is 29.3 Å². The molecule has 0 atom stereocenters. The molecular weight excluding hydrogens is 242 g/mol. The summed E-state index contributed by atoms with van der Waals surface area (Å²) in [6.45, 7) is 0.872. The van der Waals surface area contributed by atoms with Crippen molar-refractivity contribution in [1.82, 2.24) is 0 Å². The standard InChI is InChI=1S/C11H14BrNO/c1-14-11-5-3-10(4-6-11)9-13-8-2-7-12/h3-6,9H,2,7-8H2,1H3. The van der Waals surface area contributed by atoms with Crippen molar-refractivity contribution < 1.29 is 4.74 Å². The van der Waals surface area contributed by atoms with Gasteiger partial charge in [0.2, 0.25) is 0 Å². The Balaban J connectivity index is 2.47. The molecule has 0 saturated heterocycles. The van der Waals surface area contributed by atoms with E-state index < -0.39 is 0 Å². The lowest BCUT2D eigenvalue weighted by molar-refractivity contribution is 0.415. The first-order valence-corrected chi connectivity index (χ1v) is 5.69. The quantitative estimate of drug-likeness (QED) is 0.451. The fraction of sp³-hybridized carbons (Fsp3) is 0.364. The molecular formula is C11H14BrNO. The SMILES string of the molecule is COc1ccc(C=NCCCBr)cc1. The molecule has 0 heterocycles. The van der Waals surface area contributed by atoms with E-state index in [9.17, 15) is 0 Å². The van der Waals surface area contributed by atoms with Crippen LogP contribution < -0.4 is 4.74 Å². The summed E-state index contributed by atoms with van der Waals surface area (Å²) in [5, 5.41) is 1.01. The van der Waals surface area contributed by atoms with E-state index in [0.717, 1.165) is 29.6 Å². The summed E-state index contributed by atoms with van der Waals surface area (Å²) in [6, 6.07) is 7.87. The van der Waals surface area contributed by atoms with Crippen LogP contribution in [0, 0.1) is 0 Å². The Morgan fingerprint density at radius 1 is 1.36 bits per heavy atom. The van der Waals surface area contributed by atoms with Gasteiger partial charge in [0.15, 0.2) is 0 Å². The van der Waals surface area contributed by atoms with E-state index in [1.165, 1.54) is 0 Å². The highest BCUT2D eigenvalue weighted by Gasteiger charge is 1.89. The second-order valence-corrected chi connectivity index (χ2v) is 3.64. The number of hydrogen-bond acceptors (Lipinski definition) is 2. The van der Waals surface area contributed by atoms with Crippen LogP contribution in [0.4, 0.5) is 0 Å². The summed E-state index contributed by atoms with van der Waals surface area (Å²) in [5.41, 5.74) is 1.11. The number of alkyl halides is 1. The van der Waals surface area contributed by atoms with Crippen LogP contribution in [0.1, 0.15) is 12.0 Å². The van der Waals surface area contributed by atoms with Gasteiger partial charge in [-0.1, -0.05) is 15.9 Å². The molecule has 76 valence electrons. The maximum atomic E-state index is 5.06. The molecule has 1 aromatic carbocycles. The highest BCUT2D eigenvalue weighted by molar-refractivity contribution is 9.09. The normalized spacial score (nSPS) is 10.7. The Bertz CT molecular complexity index is 282. The third kappa shape index (κ3) is 3.92. The van der Waals surface area contributed by atoms with Crippen molar-refractivity contribution in [2.24, 2.45) is 4.99 Å². The summed E-state index contributed by atoms with van der Waals surface area (Å²) >= 11 is 3.36. The number of nitrogens with zero attached hydrogens (tertiary/aromatic N) is 1. The van der Waals surface area contributed by atoms with Gasteiger partial charge in [-0.25, -0.2) is 0 Å². The third-order valence-corrected chi connectivity index (χ3v) is 2.34. The van der Waals surface area contributed by atoms with Gasteiger partial charge < -0.3 is 4.74 Å². The van der Waals surface area contributed by atoms with Crippen molar-refractivity contribution in [3.05, 3.63) is 29.8 Å². The van der Waals surface area contributed by atoms with Gasteiger partial charge in [-0.3, -0.25) is 4.99 Å². The predicted molar refractivity (Wildman–Crippen MR) is 63.9 cm³/mol. The highest BCUT2D eigenvalue weighted by atomic mass is 79.9. The van der Waals surface area contributed by atoms with Crippen LogP contribution in [0.2, 0.25) is 0 Å². The van der Waals surface area contributed by atoms with Crippen molar-refractivity contribution in [3.8, 4) is 5.75 Å². The van der Waals surface area contributed by atoms with Crippen LogP contribution in [0.5, 0.6) is 5.75 Å². The zero-order valence-corrected chi connectivity index (χ0v) is 9.83. The molecule has 0 bridgehead atoms. The largest absolute Gasteiger partial charge is 0.497 e. The van der Waals surface area contributed by atoms with E-state index in [1.807, 2.05) is 30.5 Å². The number of ether oxygens (including phenoxy) is 1. The van der Waals surface area contributed by atoms with E-state index in [4.69, 9.17) is 4.74 Å². The van der Waals surface area contributed by atoms with E-state index in [1.54, 1.807) is 7.11 Å². The fourth-order valence-corrected chi connectivity index (χ4v) is 1.26. The van der Waals surface area contributed by atoms with Gasteiger partial charge in [0, 0.05) is 18.1 Å². The third-order valence-electron chi connectivity index (χ3n) is 1.78. The highest BCUT2D eigenvalue weighted by Crippen LogP contribution is 2.09. The summed E-state index contributed by atoms with van der Waals surface area (Å²) < 4.78 is 5.06. The minimum Gasteiger partial charge on any atom is -0.497 e. The van der Waals surface area contributed by atoms with E-state index in [0.29, 0.717) is 0 Å². The Hall–Kier alpha value is -0.830. The van der Waals surface area contributed by atoms with Gasteiger partial charge in [0.05, 0.1) is 7.11 Å². The van der Waals surface area contributed by atoms with Gasteiger partial charge in [0.1, 0.15) is 5.75 Å². The summed E-state index contributed by atoms with van der Waals surface area (Å²) in [4.78, 5) is 4.29. The summed E-state index contributed by atoms with van der Waals surface area (Å²) in [5.74, 6) is 0.877. The minimum atomic E-state index is 0.872. The van der Waals surface area contributed by atoms with Crippen LogP contribution in [-0.4, -0.2) is 25.2 Å². The number of hydrogen-bond donors (Lipinski definition) is 0. The number of halogens is 1. The zero-order chi connectivity index (χ0) is 10.2. The molecule has 2 nitrogen and oxygen atoms in total. The predicted octanol–water partition coefficient (Wildman–Crippen LogP) is 2.90. The molecule has 0 radical (unpaired) electrons. The molecule has 0 amide bonds. The van der Waals surface area contributed by atoms with Crippen LogP contribution in [-0.2, 0) is 0 Å².